The molecule has 0 saturated heterocycles. The summed E-state index contributed by atoms with van der Waals surface area (Å²) in [5.74, 6) is 0.413. The summed E-state index contributed by atoms with van der Waals surface area (Å²) in [5, 5.41) is 4.80. The van der Waals surface area contributed by atoms with Crippen molar-refractivity contribution in [2.24, 2.45) is 0 Å². The van der Waals surface area contributed by atoms with Crippen molar-refractivity contribution in [3.05, 3.63) is 212 Å². The zero-order chi connectivity index (χ0) is 35.8. The van der Waals surface area contributed by atoms with Gasteiger partial charge in [-0.2, -0.15) is 0 Å². The van der Waals surface area contributed by atoms with Crippen molar-refractivity contribution in [3.8, 4) is 33.4 Å². The smallest absolute Gasteiger partial charge is 0.143 e. The number of furan rings is 1. The number of fused-ring (bicyclic) bond motifs is 4. The van der Waals surface area contributed by atoms with Gasteiger partial charge in [0.25, 0.3) is 0 Å². The molecule has 256 valence electrons. The lowest BCUT2D eigenvalue weighted by Crippen LogP contribution is -2.10. The Bertz CT molecular complexity index is 2820. The minimum Gasteiger partial charge on any atom is -0.455 e. The minimum absolute atomic E-state index is 0.413. The molecular formula is C52H37NO. The fourth-order valence-corrected chi connectivity index (χ4v) is 7.94. The van der Waals surface area contributed by atoms with Crippen LogP contribution in [0.15, 0.2) is 211 Å². The van der Waals surface area contributed by atoms with E-state index in [1.807, 2.05) is 12.1 Å². The lowest BCUT2D eigenvalue weighted by Gasteiger charge is -2.26. The highest BCUT2D eigenvalue weighted by Gasteiger charge is 2.16. The second-order valence-electron chi connectivity index (χ2n) is 14.1. The van der Waals surface area contributed by atoms with E-state index >= 15 is 0 Å². The fraction of sp³-hybridized carbons (Fsp3) is 0.0385. The topological polar surface area (TPSA) is 16.4 Å². The maximum Gasteiger partial charge on any atom is 0.143 e. The summed E-state index contributed by atoms with van der Waals surface area (Å²) < 4.78 is 6.33. The summed E-state index contributed by atoms with van der Waals surface area (Å²) in [6.07, 6.45) is 9.87. The molecule has 1 aliphatic rings. The summed E-state index contributed by atoms with van der Waals surface area (Å²) >= 11 is 0. The molecule has 54 heavy (non-hydrogen) atoms. The second-order valence-corrected chi connectivity index (χ2v) is 14.1. The average Bonchev–Trinajstić information content (AvgIpc) is 3.64. The van der Waals surface area contributed by atoms with E-state index in [4.69, 9.17) is 4.42 Å². The Morgan fingerprint density at radius 2 is 1.02 bits per heavy atom. The maximum absolute atomic E-state index is 6.33. The van der Waals surface area contributed by atoms with Crippen LogP contribution in [0.25, 0.3) is 66.1 Å². The van der Waals surface area contributed by atoms with Gasteiger partial charge in [-0.3, -0.25) is 0 Å². The molecule has 0 bridgehead atoms. The van der Waals surface area contributed by atoms with E-state index in [-0.39, 0.29) is 0 Å². The quantitative estimate of drug-likeness (QED) is 0.165. The monoisotopic (exact) mass is 691 g/mol. The SMILES string of the molecule is C1=CCC(c2ccc(N(c3ccc(-c4ccc(-c5cccc6c5oc5ccccc56)cc4)cc3)c3ccc(-c4ccc5ccccc5c4)cc3)cc2)C=C1. The van der Waals surface area contributed by atoms with Crippen molar-refractivity contribution in [2.75, 3.05) is 4.90 Å². The molecule has 0 amide bonds. The molecule has 1 atom stereocenters. The zero-order valence-corrected chi connectivity index (χ0v) is 29.8. The van der Waals surface area contributed by atoms with Crippen LogP contribution < -0.4 is 4.90 Å². The van der Waals surface area contributed by atoms with E-state index in [0.717, 1.165) is 56.5 Å². The average molecular weight is 692 g/mol. The molecule has 2 heteroatoms. The molecule has 0 saturated carbocycles. The van der Waals surface area contributed by atoms with E-state index in [0.29, 0.717) is 5.92 Å². The third-order valence-electron chi connectivity index (χ3n) is 10.8. The Morgan fingerprint density at radius 3 is 1.72 bits per heavy atom. The zero-order valence-electron chi connectivity index (χ0n) is 29.8. The lowest BCUT2D eigenvalue weighted by atomic mass is 9.92. The number of rotatable bonds is 7. The number of hydrogen-bond donors (Lipinski definition) is 0. The number of para-hydroxylation sites is 2. The maximum atomic E-state index is 6.33. The molecule has 8 aromatic carbocycles. The minimum atomic E-state index is 0.413. The lowest BCUT2D eigenvalue weighted by molar-refractivity contribution is 0.670. The van der Waals surface area contributed by atoms with Gasteiger partial charge in [-0.05, 0) is 99.1 Å². The van der Waals surface area contributed by atoms with Gasteiger partial charge in [0.05, 0.1) is 0 Å². The second kappa shape index (κ2) is 13.6. The van der Waals surface area contributed by atoms with Crippen LogP contribution in [0.1, 0.15) is 17.9 Å². The highest BCUT2D eigenvalue weighted by Crippen LogP contribution is 2.39. The molecule has 0 radical (unpaired) electrons. The van der Waals surface area contributed by atoms with Crippen LogP contribution in [0.4, 0.5) is 17.1 Å². The van der Waals surface area contributed by atoms with Crippen LogP contribution in [-0.4, -0.2) is 0 Å². The van der Waals surface area contributed by atoms with Crippen molar-refractivity contribution in [3.63, 3.8) is 0 Å². The number of allylic oxidation sites excluding steroid dienone is 4. The Labute approximate surface area is 315 Å². The van der Waals surface area contributed by atoms with Gasteiger partial charge in [0, 0.05) is 39.3 Å². The van der Waals surface area contributed by atoms with E-state index < -0.39 is 0 Å². The third kappa shape index (κ3) is 5.88. The van der Waals surface area contributed by atoms with Gasteiger partial charge in [-0.1, -0.05) is 158 Å². The molecule has 0 fully saturated rings. The van der Waals surface area contributed by atoms with E-state index in [2.05, 4.69) is 199 Å². The molecule has 9 aromatic rings. The predicted molar refractivity (Wildman–Crippen MR) is 228 cm³/mol. The van der Waals surface area contributed by atoms with Crippen molar-refractivity contribution in [1.29, 1.82) is 0 Å². The third-order valence-corrected chi connectivity index (χ3v) is 10.8. The number of benzene rings is 8. The van der Waals surface area contributed by atoms with Crippen molar-refractivity contribution in [1.82, 2.24) is 0 Å². The fourth-order valence-electron chi connectivity index (χ4n) is 7.94. The number of hydrogen-bond acceptors (Lipinski definition) is 2. The molecule has 0 N–H and O–H groups in total. The van der Waals surface area contributed by atoms with Crippen LogP contribution in [-0.2, 0) is 0 Å². The molecule has 0 spiro atoms. The Hall–Kier alpha value is -6.90. The van der Waals surface area contributed by atoms with Crippen LogP contribution >= 0.6 is 0 Å². The summed E-state index contributed by atoms with van der Waals surface area (Å²) in [7, 11) is 0. The molecule has 1 aromatic heterocycles. The Balaban J connectivity index is 0.968. The highest BCUT2D eigenvalue weighted by molar-refractivity contribution is 6.09. The molecule has 1 aliphatic carbocycles. The summed E-state index contributed by atoms with van der Waals surface area (Å²) in [4.78, 5) is 2.35. The standard InChI is InChI=1S/C52H37NO/c1-2-9-36(10-3-1)39-23-29-45(30-24-39)53(47-33-27-41(28-34-47)44-22-19-37-11-4-5-12-43(37)35-44)46-31-25-40(26-32-46)38-17-20-42(21-18-38)48-14-8-15-50-49-13-6-7-16-51(49)54-52(48)50/h1-9,11-36H,10H2. The van der Waals surface area contributed by atoms with Crippen molar-refractivity contribution in [2.45, 2.75) is 12.3 Å². The number of anilines is 3. The molecule has 1 heterocycles. The largest absolute Gasteiger partial charge is 0.455 e. The predicted octanol–water partition coefficient (Wildman–Crippen LogP) is 14.8. The Morgan fingerprint density at radius 1 is 0.444 bits per heavy atom. The molecule has 2 nitrogen and oxygen atoms in total. The summed E-state index contributed by atoms with van der Waals surface area (Å²) in [5.41, 5.74) is 13.6. The van der Waals surface area contributed by atoms with Crippen LogP contribution in [0.2, 0.25) is 0 Å². The van der Waals surface area contributed by atoms with Gasteiger partial charge < -0.3 is 9.32 Å². The molecular weight excluding hydrogens is 655 g/mol. The first kappa shape index (κ1) is 31.8. The molecule has 0 aliphatic heterocycles. The van der Waals surface area contributed by atoms with Gasteiger partial charge in [-0.15, -0.1) is 0 Å². The van der Waals surface area contributed by atoms with Crippen molar-refractivity contribution < 1.29 is 4.42 Å². The Kier molecular flexibility index (Phi) is 8.00. The van der Waals surface area contributed by atoms with Gasteiger partial charge in [0.1, 0.15) is 11.2 Å². The molecule has 1 unspecified atom stereocenters. The first-order chi connectivity index (χ1) is 26.7. The van der Waals surface area contributed by atoms with Crippen molar-refractivity contribution >= 4 is 49.8 Å². The summed E-state index contributed by atoms with van der Waals surface area (Å²) in [6.45, 7) is 0. The van der Waals surface area contributed by atoms with Gasteiger partial charge in [-0.25, -0.2) is 0 Å². The van der Waals surface area contributed by atoms with Gasteiger partial charge >= 0.3 is 0 Å². The normalized spacial score (nSPS) is 13.9. The van der Waals surface area contributed by atoms with Gasteiger partial charge in [0.2, 0.25) is 0 Å². The van der Waals surface area contributed by atoms with Crippen LogP contribution in [0, 0.1) is 0 Å². The van der Waals surface area contributed by atoms with E-state index in [1.165, 1.54) is 38.6 Å². The molecule has 10 rings (SSSR count). The van der Waals surface area contributed by atoms with Crippen LogP contribution in [0.3, 0.4) is 0 Å². The first-order valence-corrected chi connectivity index (χ1v) is 18.7. The summed E-state index contributed by atoms with van der Waals surface area (Å²) in [6, 6.07) is 65.7. The van der Waals surface area contributed by atoms with Gasteiger partial charge in [0.15, 0.2) is 0 Å². The van der Waals surface area contributed by atoms with E-state index in [1.54, 1.807) is 0 Å². The highest BCUT2D eigenvalue weighted by atomic mass is 16.3. The number of nitrogens with zero attached hydrogens (tertiary/aromatic N) is 1. The van der Waals surface area contributed by atoms with E-state index in [9.17, 15) is 0 Å². The van der Waals surface area contributed by atoms with Crippen LogP contribution in [0.5, 0.6) is 0 Å². The first-order valence-electron chi connectivity index (χ1n) is 18.7.